The molecule has 5 rings (SSSR count). The Morgan fingerprint density at radius 3 is 1.69 bits per heavy atom. The summed E-state index contributed by atoms with van der Waals surface area (Å²) in [5.74, 6) is 0.259. The van der Waals surface area contributed by atoms with Crippen molar-refractivity contribution in [1.82, 2.24) is 19.1 Å². The smallest absolute Gasteiger partial charge is 0.421 e. The van der Waals surface area contributed by atoms with Crippen LogP contribution >= 0.6 is 0 Å². The summed E-state index contributed by atoms with van der Waals surface area (Å²) in [6, 6.07) is 14.5. The van der Waals surface area contributed by atoms with Crippen LogP contribution in [0, 0.1) is 5.92 Å². The van der Waals surface area contributed by atoms with Crippen LogP contribution in [0.3, 0.4) is 0 Å². The molecule has 2 aromatic heterocycles. The highest BCUT2D eigenvalue weighted by Gasteiger charge is 2.25. The van der Waals surface area contributed by atoms with Gasteiger partial charge >= 0.3 is 12.2 Å². The summed E-state index contributed by atoms with van der Waals surface area (Å²) in [5, 5.41) is 3.00. The van der Waals surface area contributed by atoms with Crippen LogP contribution in [0.5, 0.6) is 0 Å². The number of ether oxygens (including phenoxy) is 2. The van der Waals surface area contributed by atoms with Crippen LogP contribution in [-0.4, -0.2) is 48.4 Å². The summed E-state index contributed by atoms with van der Waals surface area (Å²) in [6.07, 6.45) is 7.18. The Hall–Kier alpha value is -5.33. The van der Waals surface area contributed by atoms with Crippen LogP contribution in [0.4, 0.5) is 32.9 Å². The molecule has 0 atom stereocenters. The normalized spacial score (nSPS) is 13.6. The standard InChI is InChI=1S/C21H28N4O3.C14H18N4O2/c1-21(2,3)28-20(27)25-17(13-23-19(25)22)15-10-7-11-16(12-15)24-18(26)14-8-5-4-6-9-14;1-14(2,3)20-13(19)18-11(8-17-12(18)16)9-5-4-6-10(15)7-9/h7,10-14H,4-6,8-9H2,1-3H3,(H2,22,23)(H,24,26);4-8H,15H2,1-3H3,(H2,16,17). The SMILES string of the molecule is CC(C)(C)OC(=O)n1c(-c2cccc(N)c2)cnc1N.CC(C)(C)OC(=O)n1c(-c2cccc(NC(=O)C3CCCCC3)c2)cnc1N. The molecule has 13 heteroatoms. The molecule has 7 N–H and O–H groups in total. The van der Waals surface area contributed by atoms with E-state index < -0.39 is 23.4 Å². The molecule has 4 aromatic rings. The predicted molar refractivity (Wildman–Crippen MR) is 187 cm³/mol. The fourth-order valence-electron chi connectivity index (χ4n) is 5.20. The Labute approximate surface area is 280 Å². The van der Waals surface area contributed by atoms with E-state index >= 15 is 0 Å². The van der Waals surface area contributed by atoms with Gasteiger partial charge in [0.2, 0.25) is 17.8 Å². The summed E-state index contributed by atoms with van der Waals surface area (Å²) in [7, 11) is 0. The molecule has 1 saturated carbocycles. The van der Waals surface area contributed by atoms with Gasteiger partial charge in [-0.2, -0.15) is 0 Å². The lowest BCUT2D eigenvalue weighted by molar-refractivity contribution is -0.120. The average molecular weight is 659 g/mol. The van der Waals surface area contributed by atoms with Crippen molar-refractivity contribution in [2.24, 2.45) is 5.92 Å². The van der Waals surface area contributed by atoms with Crippen molar-refractivity contribution in [1.29, 1.82) is 0 Å². The molecule has 256 valence electrons. The minimum Gasteiger partial charge on any atom is -0.443 e. The maximum atomic E-state index is 12.6. The molecule has 0 bridgehead atoms. The van der Waals surface area contributed by atoms with Crippen molar-refractivity contribution in [3.05, 3.63) is 60.9 Å². The zero-order valence-electron chi connectivity index (χ0n) is 28.4. The van der Waals surface area contributed by atoms with Gasteiger partial charge in [0.1, 0.15) is 11.2 Å². The zero-order chi connectivity index (χ0) is 35.2. The van der Waals surface area contributed by atoms with Gasteiger partial charge in [-0.3, -0.25) is 4.79 Å². The molecule has 0 saturated heterocycles. The summed E-state index contributed by atoms with van der Waals surface area (Å²) in [5.41, 5.74) is 20.0. The molecule has 1 amide bonds. The maximum Gasteiger partial charge on any atom is 0.421 e. The fourth-order valence-corrected chi connectivity index (χ4v) is 5.20. The van der Waals surface area contributed by atoms with Gasteiger partial charge in [-0.25, -0.2) is 28.7 Å². The number of imidazole rings is 2. The van der Waals surface area contributed by atoms with E-state index in [1.165, 1.54) is 27.9 Å². The van der Waals surface area contributed by atoms with Gasteiger partial charge in [0.05, 0.1) is 23.8 Å². The maximum absolute atomic E-state index is 12.6. The number of nitrogens with one attached hydrogen (secondary N) is 1. The fraction of sp³-hybridized carbons (Fsp3) is 0.400. The van der Waals surface area contributed by atoms with Crippen LogP contribution in [-0.2, 0) is 14.3 Å². The average Bonchev–Trinajstić information content (AvgIpc) is 3.59. The van der Waals surface area contributed by atoms with E-state index in [0.717, 1.165) is 36.8 Å². The second-order valence-electron chi connectivity index (χ2n) is 13.7. The second kappa shape index (κ2) is 14.6. The molecule has 1 aliphatic rings. The third-order valence-corrected chi connectivity index (χ3v) is 7.31. The summed E-state index contributed by atoms with van der Waals surface area (Å²) in [4.78, 5) is 45.3. The van der Waals surface area contributed by atoms with Gasteiger partial charge in [-0.05, 0) is 78.6 Å². The van der Waals surface area contributed by atoms with Crippen molar-refractivity contribution in [2.75, 3.05) is 22.5 Å². The third kappa shape index (κ3) is 9.36. The lowest BCUT2D eigenvalue weighted by atomic mass is 9.88. The number of carbonyl (C=O) groups excluding carboxylic acids is 3. The molecule has 0 aliphatic heterocycles. The summed E-state index contributed by atoms with van der Waals surface area (Å²) < 4.78 is 13.2. The van der Waals surface area contributed by atoms with Crippen molar-refractivity contribution in [2.45, 2.75) is 84.8 Å². The number of carbonyl (C=O) groups is 3. The quantitative estimate of drug-likeness (QED) is 0.167. The number of rotatable bonds is 4. The van der Waals surface area contributed by atoms with Crippen molar-refractivity contribution in [3.63, 3.8) is 0 Å². The number of amides is 1. The van der Waals surface area contributed by atoms with Gasteiger partial charge in [-0.15, -0.1) is 0 Å². The molecular formula is C35H46N8O5. The topological polar surface area (TPSA) is 195 Å². The largest absolute Gasteiger partial charge is 0.443 e. The Morgan fingerprint density at radius 2 is 1.21 bits per heavy atom. The molecule has 48 heavy (non-hydrogen) atoms. The number of hydrogen-bond acceptors (Lipinski definition) is 10. The van der Waals surface area contributed by atoms with E-state index in [1.54, 1.807) is 59.7 Å². The molecule has 0 spiro atoms. The highest BCUT2D eigenvalue weighted by atomic mass is 16.6. The van der Waals surface area contributed by atoms with E-state index in [1.807, 2.05) is 30.3 Å². The number of anilines is 4. The number of hydrogen-bond donors (Lipinski definition) is 4. The van der Waals surface area contributed by atoms with E-state index in [2.05, 4.69) is 15.3 Å². The van der Waals surface area contributed by atoms with Gasteiger partial charge < -0.3 is 32.0 Å². The number of nitrogen functional groups attached to an aromatic ring is 3. The first-order chi connectivity index (χ1) is 22.5. The summed E-state index contributed by atoms with van der Waals surface area (Å²) in [6.45, 7) is 10.7. The van der Waals surface area contributed by atoms with E-state index in [4.69, 9.17) is 26.7 Å². The third-order valence-electron chi connectivity index (χ3n) is 7.31. The first-order valence-corrected chi connectivity index (χ1v) is 15.9. The zero-order valence-corrected chi connectivity index (χ0v) is 28.4. The second-order valence-corrected chi connectivity index (χ2v) is 13.7. The summed E-state index contributed by atoms with van der Waals surface area (Å²) >= 11 is 0. The minimum absolute atomic E-state index is 0.0528. The number of nitrogens with two attached hydrogens (primary N) is 3. The van der Waals surface area contributed by atoms with E-state index in [-0.39, 0.29) is 23.7 Å². The molecule has 0 radical (unpaired) electrons. The predicted octanol–water partition coefficient (Wildman–Crippen LogP) is 6.93. The molecule has 1 aliphatic carbocycles. The first-order valence-electron chi connectivity index (χ1n) is 15.9. The Balaban J connectivity index is 0.000000229. The Bertz CT molecular complexity index is 1760. The molecular weight excluding hydrogens is 612 g/mol. The molecule has 1 fully saturated rings. The van der Waals surface area contributed by atoms with Gasteiger partial charge in [-0.1, -0.05) is 43.5 Å². The van der Waals surface area contributed by atoms with Gasteiger partial charge in [0, 0.05) is 28.4 Å². The van der Waals surface area contributed by atoms with Gasteiger partial charge in [0.25, 0.3) is 0 Å². The monoisotopic (exact) mass is 658 g/mol. The lowest BCUT2D eigenvalue weighted by Gasteiger charge is -2.21. The van der Waals surface area contributed by atoms with Crippen LogP contribution in [0.15, 0.2) is 60.9 Å². The van der Waals surface area contributed by atoms with Crippen LogP contribution in [0.2, 0.25) is 0 Å². The van der Waals surface area contributed by atoms with E-state index in [9.17, 15) is 14.4 Å². The molecule has 0 unspecified atom stereocenters. The first kappa shape index (κ1) is 35.5. The highest BCUT2D eigenvalue weighted by Crippen LogP contribution is 2.29. The van der Waals surface area contributed by atoms with Gasteiger partial charge in [0.15, 0.2) is 0 Å². The lowest BCUT2D eigenvalue weighted by Crippen LogP contribution is -2.28. The van der Waals surface area contributed by atoms with Crippen LogP contribution < -0.4 is 22.5 Å². The minimum atomic E-state index is -0.652. The van der Waals surface area contributed by atoms with E-state index in [0.29, 0.717) is 22.8 Å². The Morgan fingerprint density at radius 1 is 0.729 bits per heavy atom. The number of nitrogens with zero attached hydrogens (tertiary/aromatic N) is 4. The van der Waals surface area contributed by atoms with Crippen molar-refractivity contribution < 1.29 is 23.9 Å². The van der Waals surface area contributed by atoms with Crippen LogP contribution in [0.1, 0.15) is 73.6 Å². The molecule has 2 heterocycles. The highest BCUT2D eigenvalue weighted by molar-refractivity contribution is 5.93. The Kier molecular flexibility index (Phi) is 10.8. The molecule has 13 nitrogen and oxygen atoms in total. The van der Waals surface area contributed by atoms with Crippen LogP contribution in [0.25, 0.3) is 22.5 Å². The number of benzene rings is 2. The van der Waals surface area contributed by atoms with Crippen molar-refractivity contribution >= 4 is 41.4 Å². The van der Waals surface area contributed by atoms with Crippen molar-refractivity contribution in [3.8, 4) is 22.5 Å². The number of aromatic nitrogens is 4. The molecule has 2 aromatic carbocycles.